The van der Waals surface area contributed by atoms with Crippen LogP contribution in [0, 0.1) is 17.1 Å². The standard InChI is InChI=1S/C32H29FN2O5/c1-4-39-30-18-24(9-14-29(30)40-20-23-5-10-25(33)11-6-23)17-27-21(2)28(19-34)32(37)35(31(27)36)16-15-22-7-12-26(38-3)13-8-22/h5-14,17-18H,4,15-16,20H2,1-3H3/b27-17+. The van der Waals surface area contributed by atoms with Gasteiger partial charge >= 0.3 is 0 Å². The van der Waals surface area contributed by atoms with E-state index in [9.17, 15) is 19.2 Å². The zero-order valence-corrected chi connectivity index (χ0v) is 22.6. The number of rotatable bonds is 10. The highest BCUT2D eigenvalue weighted by molar-refractivity contribution is 6.19. The zero-order chi connectivity index (χ0) is 28.6. The Balaban J connectivity index is 1.59. The molecule has 0 fully saturated rings. The first kappa shape index (κ1) is 28.1. The molecule has 0 atom stereocenters. The van der Waals surface area contributed by atoms with Crippen molar-refractivity contribution in [3.8, 4) is 23.3 Å². The molecule has 3 aromatic rings. The van der Waals surface area contributed by atoms with Gasteiger partial charge in [0.25, 0.3) is 11.8 Å². The lowest BCUT2D eigenvalue weighted by Gasteiger charge is -2.27. The highest BCUT2D eigenvalue weighted by atomic mass is 19.1. The fourth-order valence-corrected chi connectivity index (χ4v) is 4.28. The van der Waals surface area contributed by atoms with E-state index < -0.39 is 11.8 Å². The van der Waals surface area contributed by atoms with Crippen LogP contribution >= 0.6 is 0 Å². The van der Waals surface area contributed by atoms with Crippen molar-refractivity contribution in [2.24, 2.45) is 0 Å². The summed E-state index contributed by atoms with van der Waals surface area (Å²) in [5.74, 6) is 0.280. The lowest BCUT2D eigenvalue weighted by Crippen LogP contribution is -2.43. The van der Waals surface area contributed by atoms with E-state index in [-0.39, 0.29) is 30.1 Å². The summed E-state index contributed by atoms with van der Waals surface area (Å²) in [5, 5.41) is 9.72. The van der Waals surface area contributed by atoms with Crippen molar-refractivity contribution in [2.45, 2.75) is 26.9 Å². The van der Waals surface area contributed by atoms with E-state index >= 15 is 0 Å². The minimum absolute atomic E-state index is 0.0649. The van der Waals surface area contributed by atoms with E-state index in [4.69, 9.17) is 14.2 Å². The van der Waals surface area contributed by atoms with Gasteiger partial charge in [0.05, 0.1) is 13.7 Å². The van der Waals surface area contributed by atoms with Crippen LogP contribution in [0.5, 0.6) is 17.2 Å². The van der Waals surface area contributed by atoms with Crippen molar-refractivity contribution in [2.75, 3.05) is 20.3 Å². The number of imide groups is 1. The highest BCUT2D eigenvalue weighted by Gasteiger charge is 2.35. The molecule has 0 N–H and O–H groups in total. The Morgan fingerprint density at radius 1 is 0.925 bits per heavy atom. The number of amides is 2. The molecule has 8 heteroatoms. The Morgan fingerprint density at radius 2 is 1.62 bits per heavy atom. The van der Waals surface area contributed by atoms with E-state index in [1.165, 1.54) is 12.1 Å². The Kier molecular flexibility index (Phi) is 8.97. The Morgan fingerprint density at radius 3 is 2.27 bits per heavy atom. The Labute approximate surface area is 232 Å². The molecule has 0 unspecified atom stereocenters. The normalized spacial score (nSPS) is 14.4. The predicted octanol–water partition coefficient (Wildman–Crippen LogP) is 5.65. The second-order valence-electron chi connectivity index (χ2n) is 9.08. The van der Waals surface area contributed by atoms with Crippen LogP contribution in [0.1, 0.15) is 30.5 Å². The van der Waals surface area contributed by atoms with Crippen LogP contribution in [0.3, 0.4) is 0 Å². The minimum Gasteiger partial charge on any atom is -0.497 e. The van der Waals surface area contributed by atoms with Crippen molar-refractivity contribution in [3.05, 3.63) is 106 Å². The van der Waals surface area contributed by atoms with Gasteiger partial charge in [-0.3, -0.25) is 14.5 Å². The number of halogens is 1. The maximum Gasteiger partial charge on any atom is 0.271 e. The Bertz CT molecular complexity index is 1500. The maximum atomic E-state index is 13.5. The van der Waals surface area contributed by atoms with Gasteiger partial charge in [0.15, 0.2) is 11.5 Å². The van der Waals surface area contributed by atoms with Gasteiger partial charge in [-0.1, -0.05) is 30.3 Å². The van der Waals surface area contributed by atoms with Gasteiger partial charge in [-0.15, -0.1) is 0 Å². The topological polar surface area (TPSA) is 88.9 Å². The first-order valence-electron chi connectivity index (χ1n) is 12.8. The molecule has 0 spiro atoms. The van der Waals surface area contributed by atoms with E-state index in [1.807, 2.05) is 37.3 Å². The van der Waals surface area contributed by atoms with Gasteiger partial charge in [-0.05, 0) is 85.0 Å². The molecular formula is C32H29FN2O5. The summed E-state index contributed by atoms with van der Waals surface area (Å²) in [4.78, 5) is 27.6. The third kappa shape index (κ3) is 6.38. The average Bonchev–Trinajstić information content (AvgIpc) is 2.96. The molecule has 1 heterocycles. The van der Waals surface area contributed by atoms with Gasteiger partial charge in [0.2, 0.25) is 0 Å². The molecule has 1 aliphatic heterocycles. The molecule has 0 saturated heterocycles. The number of carbonyl (C=O) groups is 2. The number of nitriles is 1. The van der Waals surface area contributed by atoms with E-state index in [2.05, 4.69) is 0 Å². The van der Waals surface area contributed by atoms with Crippen LogP contribution in [0.2, 0.25) is 0 Å². The van der Waals surface area contributed by atoms with E-state index in [1.54, 1.807) is 50.4 Å². The smallest absolute Gasteiger partial charge is 0.271 e. The fraction of sp³-hybridized carbons (Fsp3) is 0.219. The summed E-state index contributed by atoms with van der Waals surface area (Å²) in [6.45, 7) is 4.18. The lowest BCUT2D eigenvalue weighted by atomic mass is 9.93. The van der Waals surface area contributed by atoms with Crippen molar-refractivity contribution in [1.82, 2.24) is 4.90 Å². The Hall–Kier alpha value is -4.90. The zero-order valence-electron chi connectivity index (χ0n) is 22.6. The quantitative estimate of drug-likeness (QED) is 0.244. The third-order valence-electron chi connectivity index (χ3n) is 6.49. The first-order valence-corrected chi connectivity index (χ1v) is 12.8. The molecule has 0 aliphatic carbocycles. The van der Waals surface area contributed by atoms with E-state index in [0.29, 0.717) is 41.4 Å². The molecule has 1 aliphatic rings. The lowest BCUT2D eigenvalue weighted by molar-refractivity contribution is -0.140. The number of benzene rings is 3. The molecular weight excluding hydrogens is 511 g/mol. The van der Waals surface area contributed by atoms with Crippen LogP contribution < -0.4 is 14.2 Å². The molecule has 3 aromatic carbocycles. The second-order valence-corrected chi connectivity index (χ2v) is 9.08. The van der Waals surface area contributed by atoms with Crippen LogP contribution in [0.4, 0.5) is 4.39 Å². The van der Waals surface area contributed by atoms with Crippen LogP contribution in [-0.4, -0.2) is 37.0 Å². The van der Waals surface area contributed by atoms with Crippen molar-refractivity contribution >= 4 is 17.9 Å². The van der Waals surface area contributed by atoms with Crippen LogP contribution in [0.15, 0.2) is 83.4 Å². The number of methoxy groups -OCH3 is 1. The minimum atomic E-state index is -0.602. The number of ether oxygens (including phenoxy) is 3. The van der Waals surface area contributed by atoms with Gasteiger partial charge in [0.1, 0.15) is 29.8 Å². The largest absolute Gasteiger partial charge is 0.497 e. The molecule has 0 bridgehead atoms. The number of hydrogen-bond acceptors (Lipinski definition) is 6. The molecule has 204 valence electrons. The summed E-state index contributed by atoms with van der Waals surface area (Å²) in [5.41, 5.74) is 2.88. The number of nitrogens with zero attached hydrogens (tertiary/aromatic N) is 2. The van der Waals surface area contributed by atoms with Crippen LogP contribution in [-0.2, 0) is 22.6 Å². The molecule has 0 aromatic heterocycles. The summed E-state index contributed by atoms with van der Waals surface area (Å²) in [7, 11) is 1.58. The van der Waals surface area contributed by atoms with Crippen molar-refractivity contribution in [1.29, 1.82) is 5.26 Å². The summed E-state index contributed by atoms with van der Waals surface area (Å²) >= 11 is 0. The predicted molar refractivity (Wildman–Crippen MR) is 148 cm³/mol. The summed E-state index contributed by atoms with van der Waals surface area (Å²) < 4.78 is 30.1. The maximum absolute atomic E-state index is 13.5. The molecule has 0 radical (unpaired) electrons. The fourth-order valence-electron chi connectivity index (χ4n) is 4.28. The monoisotopic (exact) mass is 540 g/mol. The molecule has 2 amide bonds. The molecule has 0 saturated carbocycles. The van der Waals surface area contributed by atoms with Gasteiger partial charge in [0, 0.05) is 12.1 Å². The van der Waals surface area contributed by atoms with Gasteiger partial charge in [-0.2, -0.15) is 5.26 Å². The van der Waals surface area contributed by atoms with Crippen LogP contribution in [0.25, 0.3) is 6.08 Å². The number of carbonyl (C=O) groups excluding carboxylic acids is 2. The van der Waals surface area contributed by atoms with Crippen molar-refractivity contribution in [3.63, 3.8) is 0 Å². The van der Waals surface area contributed by atoms with E-state index in [0.717, 1.165) is 16.0 Å². The molecule has 7 nitrogen and oxygen atoms in total. The summed E-state index contributed by atoms with van der Waals surface area (Å²) in [6.07, 6.45) is 2.08. The SMILES string of the molecule is CCOc1cc(/C=C2/C(=O)N(CCc3ccc(OC)cc3)C(=O)C(C#N)=C2C)ccc1OCc1ccc(F)cc1. The second kappa shape index (κ2) is 12.8. The third-order valence-corrected chi connectivity index (χ3v) is 6.49. The van der Waals surface area contributed by atoms with Gasteiger partial charge < -0.3 is 14.2 Å². The average molecular weight is 541 g/mol. The molecule has 40 heavy (non-hydrogen) atoms. The molecule has 4 rings (SSSR count). The highest BCUT2D eigenvalue weighted by Crippen LogP contribution is 2.32. The van der Waals surface area contributed by atoms with Crippen molar-refractivity contribution < 1.29 is 28.2 Å². The summed E-state index contributed by atoms with van der Waals surface area (Å²) in [6, 6.07) is 20.6. The van der Waals surface area contributed by atoms with Gasteiger partial charge in [-0.25, -0.2) is 4.39 Å². The first-order chi connectivity index (χ1) is 19.3. The number of hydrogen-bond donors (Lipinski definition) is 0.